The maximum atomic E-state index is 12.0. The van der Waals surface area contributed by atoms with Crippen LogP contribution in [0.25, 0.3) is 0 Å². The third-order valence-corrected chi connectivity index (χ3v) is 4.79. The van der Waals surface area contributed by atoms with Crippen LogP contribution in [0.2, 0.25) is 0 Å². The lowest BCUT2D eigenvalue weighted by molar-refractivity contribution is -0.116. The van der Waals surface area contributed by atoms with Crippen molar-refractivity contribution in [1.82, 2.24) is 10.6 Å². The molecule has 6 heteroatoms. The molecular weight excluding hydrogens is 352 g/mol. The number of nitrogens with one attached hydrogen (secondary N) is 3. The van der Waals surface area contributed by atoms with E-state index >= 15 is 0 Å². The Morgan fingerprint density at radius 2 is 1.96 bits per heavy atom. The molecule has 0 aliphatic carbocycles. The number of para-hydroxylation sites is 1. The maximum Gasteiger partial charge on any atom is 0.225 e. The minimum Gasteiger partial charge on any atom is -0.497 e. The Bertz CT molecular complexity index is 818. The Labute approximate surface area is 166 Å². The highest BCUT2D eigenvalue weighted by Gasteiger charge is 2.24. The molecule has 0 saturated heterocycles. The van der Waals surface area contributed by atoms with Crippen LogP contribution in [0, 0.1) is 0 Å². The van der Waals surface area contributed by atoms with Crippen molar-refractivity contribution in [1.29, 1.82) is 0 Å². The van der Waals surface area contributed by atoms with Gasteiger partial charge in [-0.1, -0.05) is 30.3 Å². The van der Waals surface area contributed by atoms with Gasteiger partial charge in [-0.3, -0.25) is 9.79 Å². The summed E-state index contributed by atoms with van der Waals surface area (Å²) in [6, 6.07) is 16.0. The maximum absolute atomic E-state index is 12.0. The molecule has 2 aromatic rings. The van der Waals surface area contributed by atoms with Gasteiger partial charge in [-0.05, 0) is 42.7 Å². The van der Waals surface area contributed by atoms with Gasteiger partial charge in [0.2, 0.25) is 5.91 Å². The van der Waals surface area contributed by atoms with Crippen molar-refractivity contribution in [2.24, 2.45) is 4.99 Å². The predicted octanol–water partition coefficient (Wildman–Crippen LogP) is 2.92. The molecule has 1 heterocycles. The minimum absolute atomic E-state index is 0.0522. The molecule has 0 fully saturated rings. The molecule has 1 amide bonds. The quantitative estimate of drug-likeness (QED) is 0.510. The Kier molecular flexibility index (Phi) is 6.89. The van der Waals surface area contributed by atoms with E-state index in [1.165, 1.54) is 5.56 Å². The molecule has 0 radical (unpaired) electrons. The molecule has 148 valence electrons. The van der Waals surface area contributed by atoms with Gasteiger partial charge in [0.15, 0.2) is 5.96 Å². The van der Waals surface area contributed by atoms with Crippen molar-refractivity contribution in [3.63, 3.8) is 0 Å². The lowest BCUT2D eigenvalue weighted by Crippen LogP contribution is -2.38. The number of fused-ring (bicyclic) bond motifs is 1. The van der Waals surface area contributed by atoms with Crippen molar-refractivity contribution in [2.75, 3.05) is 32.1 Å². The van der Waals surface area contributed by atoms with Gasteiger partial charge in [-0.2, -0.15) is 0 Å². The van der Waals surface area contributed by atoms with E-state index in [0.717, 1.165) is 42.5 Å². The van der Waals surface area contributed by atoms with Crippen molar-refractivity contribution < 1.29 is 9.53 Å². The van der Waals surface area contributed by atoms with Gasteiger partial charge >= 0.3 is 0 Å². The summed E-state index contributed by atoms with van der Waals surface area (Å²) in [6.07, 6.45) is 1.36. The van der Waals surface area contributed by atoms with Crippen LogP contribution in [0.3, 0.4) is 0 Å². The monoisotopic (exact) mass is 380 g/mol. The number of hydrogen-bond acceptors (Lipinski definition) is 3. The summed E-state index contributed by atoms with van der Waals surface area (Å²) in [5, 5.41) is 9.60. The zero-order valence-electron chi connectivity index (χ0n) is 16.5. The Hall–Kier alpha value is -3.02. The largest absolute Gasteiger partial charge is 0.497 e. The van der Waals surface area contributed by atoms with E-state index in [0.29, 0.717) is 13.0 Å². The van der Waals surface area contributed by atoms with Crippen LogP contribution in [-0.4, -0.2) is 38.6 Å². The van der Waals surface area contributed by atoms with Crippen LogP contribution in [0.15, 0.2) is 53.5 Å². The van der Waals surface area contributed by atoms with Gasteiger partial charge in [0.05, 0.1) is 13.7 Å². The molecule has 0 bridgehead atoms. The average molecular weight is 380 g/mol. The summed E-state index contributed by atoms with van der Waals surface area (Å²) in [6.45, 7) is 4.18. The molecule has 0 saturated carbocycles. The highest BCUT2D eigenvalue weighted by atomic mass is 16.5. The van der Waals surface area contributed by atoms with Crippen LogP contribution in [0.4, 0.5) is 5.69 Å². The van der Waals surface area contributed by atoms with Gasteiger partial charge in [-0.15, -0.1) is 0 Å². The lowest BCUT2D eigenvalue weighted by Gasteiger charge is -2.24. The van der Waals surface area contributed by atoms with Crippen LogP contribution < -0.4 is 20.7 Å². The fourth-order valence-electron chi connectivity index (χ4n) is 3.33. The summed E-state index contributed by atoms with van der Waals surface area (Å²) in [7, 11) is 1.67. The fourth-order valence-corrected chi connectivity index (χ4v) is 3.33. The molecule has 1 atom stereocenters. The molecule has 1 aliphatic rings. The van der Waals surface area contributed by atoms with Crippen molar-refractivity contribution in [2.45, 2.75) is 25.7 Å². The number of aliphatic imine (C=N–C) groups is 1. The lowest BCUT2D eigenvalue weighted by atomic mass is 9.91. The second kappa shape index (κ2) is 9.78. The topological polar surface area (TPSA) is 74.8 Å². The number of rotatable bonds is 7. The molecule has 1 unspecified atom stereocenters. The molecule has 28 heavy (non-hydrogen) atoms. The molecule has 1 aliphatic heterocycles. The Balaban J connectivity index is 1.58. The summed E-state index contributed by atoms with van der Waals surface area (Å²) >= 11 is 0. The number of methoxy groups -OCH3 is 1. The number of ether oxygens (including phenoxy) is 1. The normalized spacial score (nSPS) is 16.1. The molecule has 6 nitrogen and oxygen atoms in total. The Morgan fingerprint density at radius 1 is 1.18 bits per heavy atom. The Morgan fingerprint density at radius 3 is 2.71 bits per heavy atom. The first-order valence-electron chi connectivity index (χ1n) is 9.73. The number of guanidine groups is 1. The van der Waals surface area contributed by atoms with Crippen LogP contribution in [0.1, 0.15) is 30.4 Å². The van der Waals surface area contributed by atoms with Crippen molar-refractivity contribution in [3.05, 3.63) is 59.7 Å². The third kappa shape index (κ3) is 5.25. The standard InChI is InChI=1S/C22H28N4O2/c1-3-23-22(24-13-12-16-8-10-18(28-2)11-9-16)25-15-17-14-21(27)26-20-7-5-4-6-19(17)20/h4-11,17H,3,12-15H2,1-2H3,(H,26,27)(H2,23,24,25). The number of benzene rings is 2. The molecule has 0 aromatic heterocycles. The molecule has 3 N–H and O–H groups in total. The van der Waals surface area contributed by atoms with Crippen LogP contribution in [-0.2, 0) is 11.2 Å². The number of amides is 1. The van der Waals surface area contributed by atoms with E-state index in [1.54, 1.807) is 7.11 Å². The van der Waals surface area contributed by atoms with E-state index < -0.39 is 0 Å². The molecular formula is C22H28N4O2. The zero-order chi connectivity index (χ0) is 19.8. The first kappa shape index (κ1) is 19.7. The molecule has 0 spiro atoms. The van der Waals surface area contributed by atoms with Gasteiger partial charge < -0.3 is 20.7 Å². The number of hydrogen-bond donors (Lipinski definition) is 3. The number of carbonyl (C=O) groups is 1. The first-order chi connectivity index (χ1) is 13.7. The number of anilines is 1. The zero-order valence-corrected chi connectivity index (χ0v) is 16.5. The average Bonchev–Trinajstić information content (AvgIpc) is 2.72. The summed E-state index contributed by atoms with van der Waals surface area (Å²) in [5.41, 5.74) is 3.29. The highest BCUT2D eigenvalue weighted by molar-refractivity contribution is 5.94. The van der Waals surface area contributed by atoms with E-state index in [4.69, 9.17) is 9.73 Å². The SMILES string of the molecule is CCNC(=NCC1CC(=O)Nc2ccccc21)NCCc1ccc(OC)cc1. The van der Waals surface area contributed by atoms with Crippen molar-refractivity contribution in [3.8, 4) is 5.75 Å². The second-order valence-electron chi connectivity index (χ2n) is 6.78. The van der Waals surface area contributed by atoms with Crippen LogP contribution >= 0.6 is 0 Å². The van der Waals surface area contributed by atoms with Crippen molar-refractivity contribution >= 4 is 17.6 Å². The van der Waals surface area contributed by atoms with E-state index in [1.807, 2.05) is 37.3 Å². The molecule has 3 rings (SSSR count). The predicted molar refractivity (Wildman–Crippen MR) is 113 cm³/mol. The van der Waals surface area contributed by atoms with Gasteiger partial charge in [0.25, 0.3) is 0 Å². The molecule has 2 aromatic carbocycles. The number of nitrogens with zero attached hydrogens (tertiary/aromatic N) is 1. The fraction of sp³-hybridized carbons (Fsp3) is 0.364. The van der Waals surface area contributed by atoms with E-state index in [-0.39, 0.29) is 11.8 Å². The van der Waals surface area contributed by atoms with E-state index in [9.17, 15) is 4.79 Å². The first-order valence-corrected chi connectivity index (χ1v) is 9.73. The van der Waals surface area contributed by atoms with Gasteiger partial charge in [0.1, 0.15) is 5.75 Å². The highest BCUT2D eigenvalue weighted by Crippen LogP contribution is 2.31. The minimum atomic E-state index is 0.0522. The third-order valence-electron chi connectivity index (χ3n) is 4.79. The summed E-state index contributed by atoms with van der Waals surface area (Å²) < 4.78 is 5.19. The smallest absolute Gasteiger partial charge is 0.225 e. The summed E-state index contributed by atoms with van der Waals surface area (Å²) in [5.74, 6) is 1.79. The van der Waals surface area contributed by atoms with Gasteiger partial charge in [-0.25, -0.2) is 0 Å². The summed E-state index contributed by atoms with van der Waals surface area (Å²) in [4.78, 5) is 16.7. The van der Waals surface area contributed by atoms with E-state index in [2.05, 4.69) is 34.1 Å². The van der Waals surface area contributed by atoms with Gasteiger partial charge in [0, 0.05) is 31.1 Å². The van der Waals surface area contributed by atoms with Crippen LogP contribution in [0.5, 0.6) is 5.75 Å². The second-order valence-corrected chi connectivity index (χ2v) is 6.78. The number of carbonyl (C=O) groups excluding carboxylic acids is 1.